The molecule has 1 aromatic heterocycles. The molecule has 0 aliphatic carbocycles. The summed E-state index contributed by atoms with van der Waals surface area (Å²) in [6.45, 7) is 5.23. The van der Waals surface area contributed by atoms with Gasteiger partial charge in [-0.15, -0.1) is 0 Å². The fraction of sp³-hybridized carbons (Fsp3) is 0.304. The fourth-order valence-electron chi connectivity index (χ4n) is 3.50. The molecule has 0 saturated heterocycles. The number of hydrogen-bond acceptors (Lipinski definition) is 6. The molecule has 0 bridgehead atoms. The Morgan fingerprint density at radius 2 is 1.88 bits per heavy atom. The van der Waals surface area contributed by atoms with Crippen LogP contribution in [0, 0.1) is 6.92 Å². The largest absolute Gasteiger partial charge is 0.497 e. The first-order chi connectivity index (χ1) is 15.6. The van der Waals surface area contributed by atoms with Gasteiger partial charge in [-0.05, 0) is 61.9 Å². The van der Waals surface area contributed by atoms with Crippen molar-refractivity contribution in [3.63, 3.8) is 0 Å². The summed E-state index contributed by atoms with van der Waals surface area (Å²) in [6.07, 6.45) is 0.929. The number of aryl methyl sites for hydroxylation is 2. The van der Waals surface area contributed by atoms with E-state index in [1.165, 1.54) is 31.4 Å². The standard InChI is InChI=1S/C23H28N4O5S/c1-5-12-27-18(13-16(2)24-27)15-26(3)22-11-6-17(23(28)29)14-21(22)25-33(30,31)20-9-7-19(32-4)8-10-20/h6-11,13-14,25H,5,12,15H2,1-4H3,(H,28,29). The lowest BCUT2D eigenvalue weighted by atomic mass is 10.1. The van der Waals surface area contributed by atoms with E-state index in [0.29, 0.717) is 18.0 Å². The first kappa shape index (κ1) is 24.1. The van der Waals surface area contributed by atoms with E-state index in [0.717, 1.165) is 24.4 Å². The van der Waals surface area contributed by atoms with Crippen LogP contribution in [-0.4, -0.2) is 43.4 Å². The lowest BCUT2D eigenvalue weighted by molar-refractivity contribution is 0.0697. The smallest absolute Gasteiger partial charge is 0.335 e. The van der Waals surface area contributed by atoms with Crippen molar-refractivity contribution in [3.05, 3.63) is 65.5 Å². The number of benzene rings is 2. The molecule has 0 aliphatic rings. The maximum absolute atomic E-state index is 13.0. The zero-order valence-electron chi connectivity index (χ0n) is 19.1. The van der Waals surface area contributed by atoms with Gasteiger partial charge in [-0.2, -0.15) is 5.10 Å². The van der Waals surface area contributed by atoms with E-state index in [1.807, 2.05) is 29.6 Å². The predicted molar refractivity (Wildman–Crippen MR) is 127 cm³/mol. The Morgan fingerprint density at radius 1 is 1.18 bits per heavy atom. The summed E-state index contributed by atoms with van der Waals surface area (Å²) in [5, 5.41) is 13.9. The highest BCUT2D eigenvalue weighted by molar-refractivity contribution is 7.92. The fourth-order valence-corrected chi connectivity index (χ4v) is 4.57. The second kappa shape index (κ2) is 9.95. The topological polar surface area (TPSA) is 114 Å². The number of carboxylic acid groups (broad SMARTS) is 1. The molecule has 3 rings (SSSR count). The van der Waals surface area contributed by atoms with E-state index in [1.54, 1.807) is 18.2 Å². The lowest BCUT2D eigenvalue weighted by Crippen LogP contribution is -2.22. The molecule has 1 heterocycles. The summed E-state index contributed by atoms with van der Waals surface area (Å²) in [6, 6.07) is 12.3. The van der Waals surface area contributed by atoms with E-state index in [9.17, 15) is 18.3 Å². The molecular weight excluding hydrogens is 444 g/mol. The summed E-state index contributed by atoms with van der Waals surface area (Å²) in [5.41, 5.74) is 2.56. The average molecular weight is 473 g/mol. The maximum atomic E-state index is 13.0. The molecular formula is C23H28N4O5S. The summed E-state index contributed by atoms with van der Waals surface area (Å²) < 4.78 is 35.6. The molecule has 3 aromatic rings. The molecule has 2 N–H and O–H groups in total. The Kier molecular flexibility index (Phi) is 7.27. The number of nitrogens with one attached hydrogen (secondary N) is 1. The van der Waals surface area contributed by atoms with Crippen LogP contribution in [0.5, 0.6) is 5.75 Å². The molecule has 0 fully saturated rings. The number of aromatic nitrogens is 2. The molecule has 10 heteroatoms. The monoisotopic (exact) mass is 472 g/mol. The summed E-state index contributed by atoms with van der Waals surface area (Å²) in [7, 11) is -0.651. The van der Waals surface area contributed by atoms with Gasteiger partial charge < -0.3 is 14.7 Å². The number of nitrogens with zero attached hydrogens (tertiary/aromatic N) is 3. The van der Waals surface area contributed by atoms with Crippen molar-refractivity contribution in [2.75, 3.05) is 23.8 Å². The Hall–Kier alpha value is -3.53. The molecule has 0 amide bonds. The predicted octanol–water partition coefficient (Wildman–Crippen LogP) is 3.75. The summed E-state index contributed by atoms with van der Waals surface area (Å²) >= 11 is 0. The second-order valence-electron chi connectivity index (χ2n) is 7.67. The molecule has 0 radical (unpaired) electrons. The number of carbonyl (C=O) groups is 1. The Morgan fingerprint density at radius 3 is 2.48 bits per heavy atom. The molecule has 176 valence electrons. The van der Waals surface area contributed by atoms with Gasteiger partial charge in [0.2, 0.25) is 0 Å². The van der Waals surface area contributed by atoms with Gasteiger partial charge in [0.05, 0.1) is 46.9 Å². The molecule has 9 nitrogen and oxygen atoms in total. The van der Waals surface area contributed by atoms with Crippen LogP contribution < -0.4 is 14.4 Å². The Labute approximate surface area is 193 Å². The van der Waals surface area contributed by atoms with E-state index < -0.39 is 16.0 Å². The molecule has 33 heavy (non-hydrogen) atoms. The molecule has 2 aromatic carbocycles. The van der Waals surface area contributed by atoms with Crippen LogP contribution in [0.2, 0.25) is 0 Å². The van der Waals surface area contributed by atoms with E-state index >= 15 is 0 Å². The summed E-state index contributed by atoms with van der Waals surface area (Å²) in [4.78, 5) is 13.4. The third-order valence-corrected chi connectivity index (χ3v) is 6.47. The summed E-state index contributed by atoms with van der Waals surface area (Å²) in [5.74, 6) is -0.619. The number of aromatic carboxylic acids is 1. The van der Waals surface area contributed by atoms with Crippen LogP contribution in [0.4, 0.5) is 11.4 Å². The van der Waals surface area contributed by atoms with Crippen LogP contribution in [-0.2, 0) is 23.1 Å². The van der Waals surface area contributed by atoms with Crippen molar-refractivity contribution in [2.24, 2.45) is 0 Å². The van der Waals surface area contributed by atoms with Gasteiger partial charge in [0.25, 0.3) is 10.0 Å². The Bertz CT molecular complexity index is 1240. The highest BCUT2D eigenvalue weighted by atomic mass is 32.2. The van der Waals surface area contributed by atoms with Crippen molar-refractivity contribution in [2.45, 2.75) is 38.3 Å². The van der Waals surface area contributed by atoms with E-state index in [4.69, 9.17) is 4.74 Å². The van der Waals surface area contributed by atoms with Crippen LogP contribution >= 0.6 is 0 Å². The van der Waals surface area contributed by atoms with Crippen molar-refractivity contribution < 1.29 is 23.1 Å². The molecule has 0 atom stereocenters. The van der Waals surface area contributed by atoms with Crippen LogP contribution in [0.3, 0.4) is 0 Å². The van der Waals surface area contributed by atoms with E-state index in [2.05, 4.69) is 16.7 Å². The number of ether oxygens (including phenoxy) is 1. The number of anilines is 2. The number of rotatable bonds is 10. The van der Waals surface area contributed by atoms with Gasteiger partial charge in [0.1, 0.15) is 5.75 Å². The first-order valence-corrected chi connectivity index (χ1v) is 11.9. The molecule has 0 spiro atoms. The second-order valence-corrected chi connectivity index (χ2v) is 9.36. The third-order valence-electron chi connectivity index (χ3n) is 5.09. The van der Waals surface area contributed by atoms with Crippen LogP contribution in [0.25, 0.3) is 0 Å². The SMILES string of the molecule is CCCn1nc(C)cc1CN(C)c1ccc(C(=O)O)cc1NS(=O)(=O)c1ccc(OC)cc1. The van der Waals surface area contributed by atoms with Gasteiger partial charge in [-0.3, -0.25) is 9.40 Å². The van der Waals surface area contributed by atoms with Crippen molar-refractivity contribution in [1.82, 2.24) is 9.78 Å². The lowest BCUT2D eigenvalue weighted by Gasteiger charge is -2.24. The van der Waals surface area contributed by atoms with Gasteiger partial charge in [0, 0.05) is 13.6 Å². The van der Waals surface area contributed by atoms with Crippen molar-refractivity contribution in [1.29, 1.82) is 0 Å². The highest BCUT2D eigenvalue weighted by Crippen LogP contribution is 2.30. The van der Waals surface area contributed by atoms with Crippen LogP contribution in [0.1, 0.15) is 35.1 Å². The number of sulfonamides is 1. The first-order valence-electron chi connectivity index (χ1n) is 10.4. The van der Waals surface area contributed by atoms with Gasteiger partial charge in [-0.25, -0.2) is 13.2 Å². The Balaban J connectivity index is 1.96. The minimum absolute atomic E-state index is 0.0218. The minimum atomic E-state index is -3.97. The van der Waals surface area contributed by atoms with Crippen LogP contribution in [0.15, 0.2) is 53.4 Å². The highest BCUT2D eigenvalue weighted by Gasteiger charge is 2.20. The number of methoxy groups -OCH3 is 1. The van der Waals surface area contributed by atoms with Gasteiger partial charge >= 0.3 is 5.97 Å². The van der Waals surface area contributed by atoms with E-state index in [-0.39, 0.29) is 16.1 Å². The molecule has 0 unspecified atom stereocenters. The zero-order valence-corrected chi connectivity index (χ0v) is 19.9. The van der Waals surface area contributed by atoms with Crippen molar-refractivity contribution in [3.8, 4) is 5.75 Å². The number of carboxylic acids is 1. The normalized spacial score (nSPS) is 11.3. The molecule has 0 saturated carbocycles. The quantitative estimate of drug-likeness (QED) is 0.462. The van der Waals surface area contributed by atoms with Crippen molar-refractivity contribution >= 4 is 27.4 Å². The minimum Gasteiger partial charge on any atom is -0.497 e. The van der Waals surface area contributed by atoms with Gasteiger partial charge in [-0.1, -0.05) is 6.92 Å². The zero-order chi connectivity index (χ0) is 24.2. The average Bonchev–Trinajstić information content (AvgIpc) is 3.12. The van der Waals surface area contributed by atoms with Gasteiger partial charge in [0.15, 0.2) is 0 Å². The maximum Gasteiger partial charge on any atom is 0.335 e. The molecule has 0 aliphatic heterocycles. The third kappa shape index (κ3) is 5.64. The number of hydrogen-bond donors (Lipinski definition) is 2.